The quantitative estimate of drug-likeness (QED) is 0.658. The van der Waals surface area contributed by atoms with Crippen molar-refractivity contribution in [3.8, 4) is 0 Å². The highest BCUT2D eigenvalue weighted by Gasteiger charge is 2.32. The summed E-state index contributed by atoms with van der Waals surface area (Å²) in [5, 5.41) is 11.0. The average molecular weight is 292 g/mol. The first-order valence-electron chi connectivity index (χ1n) is 6.78. The molecule has 112 valence electrons. The predicted octanol–water partition coefficient (Wildman–Crippen LogP) is -1.31. The third kappa shape index (κ3) is 5.08. The molecule has 0 radical (unpaired) electrons. The number of piperidine rings is 1. The van der Waals surface area contributed by atoms with Gasteiger partial charge in [-0.2, -0.15) is 12.7 Å². The van der Waals surface area contributed by atoms with Crippen molar-refractivity contribution >= 4 is 16.2 Å². The van der Waals surface area contributed by atoms with E-state index in [1.165, 1.54) is 4.31 Å². The zero-order valence-electron chi connectivity index (χ0n) is 11.8. The highest BCUT2D eigenvalue weighted by atomic mass is 32.2. The number of hydrogen-bond donors (Lipinski definition) is 1. The van der Waals surface area contributed by atoms with Crippen molar-refractivity contribution in [2.75, 3.05) is 13.1 Å². The van der Waals surface area contributed by atoms with Crippen LogP contribution in [-0.4, -0.2) is 37.8 Å². The largest absolute Gasteiger partial charge is 0.544 e. The van der Waals surface area contributed by atoms with Gasteiger partial charge in [0.2, 0.25) is 0 Å². The first kappa shape index (κ1) is 16.4. The number of rotatable bonds is 6. The summed E-state index contributed by atoms with van der Waals surface area (Å²) in [5.74, 6) is -0.683. The van der Waals surface area contributed by atoms with E-state index in [0.29, 0.717) is 19.0 Å². The van der Waals surface area contributed by atoms with Crippen LogP contribution in [0.25, 0.3) is 0 Å². The SMILES string of the molecule is CC(C)C[C@H]([NH2+]S(=O)(=O)N1CCC(C)CC1)C(=O)[O-]. The van der Waals surface area contributed by atoms with Gasteiger partial charge in [-0.25, -0.2) is 4.72 Å². The second-order valence-corrected chi connectivity index (χ2v) is 7.64. The molecule has 0 aromatic carbocycles. The number of carboxylic acids is 1. The molecular formula is C12H24N2O4S. The number of aliphatic carboxylic acids is 1. The van der Waals surface area contributed by atoms with E-state index in [-0.39, 0.29) is 12.3 Å². The second-order valence-electron chi connectivity index (χ2n) is 5.82. The van der Waals surface area contributed by atoms with Gasteiger partial charge in [0, 0.05) is 19.5 Å². The van der Waals surface area contributed by atoms with Gasteiger partial charge in [0.15, 0.2) is 0 Å². The maximum atomic E-state index is 12.2. The number of nitrogens with zero attached hydrogens (tertiary/aromatic N) is 1. The third-order valence-corrected chi connectivity index (χ3v) is 5.22. The zero-order valence-corrected chi connectivity index (χ0v) is 12.6. The Bertz CT molecular complexity index is 400. The minimum atomic E-state index is -3.61. The van der Waals surface area contributed by atoms with E-state index in [4.69, 9.17) is 0 Å². The van der Waals surface area contributed by atoms with Crippen LogP contribution in [0.2, 0.25) is 0 Å². The molecule has 0 aromatic rings. The standard InChI is InChI=1S/C12H24N2O4S/c1-9(2)8-11(12(15)16)13-19(17,18)14-6-4-10(3)5-7-14/h9-11,13H,4-8H2,1-3H3,(H,15,16)/t11-/m0/s1. The van der Waals surface area contributed by atoms with Crippen molar-refractivity contribution in [1.82, 2.24) is 4.31 Å². The molecule has 1 heterocycles. The van der Waals surface area contributed by atoms with E-state index in [1.807, 2.05) is 13.8 Å². The molecule has 0 aliphatic carbocycles. The summed E-state index contributed by atoms with van der Waals surface area (Å²) in [6.45, 7) is 6.76. The van der Waals surface area contributed by atoms with Crippen LogP contribution < -0.4 is 9.83 Å². The molecule has 1 aliphatic rings. The van der Waals surface area contributed by atoms with Gasteiger partial charge in [0.25, 0.3) is 0 Å². The molecule has 1 fully saturated rings. The van der Waals surface area contributed by atoms with Crippen LogP contribution in [0.4, 0.5) is 0 Å². The van der Waals surface area contributed by atoms with Gasteiger partial charge in [0.05, 0.1) is 0 Å². The monoisotopic (exact) mass is 292 g/mol. The lowest BCUT2D eigenvalue weighted by atomic mass is 10.0. The summed E-state index contributed by atoms with van der Waals surface area (Å²) in [5.41, 5.74) is 0. The molecule has 1 saturated heterocycles. The molecule has 0 spiro atoms. The Hall–Kier alpha value is -0.660. The molecule has 0 amide bonds. The summed E-state index contributed by atoms with van der Waals surface area (Å²) >= 11 is 0. The lowest BCUT2D eigenvalue weighted by Gasteiger charge is -2.29. The number of carbonyl (C=O) groups is 1. The summed E-state index contributed by atoms with van der Waals surface area (Å²) < 4.78 is 26.7. The number of quaternary nitrogens is 1. The highest BCUT2D eigenvalue weighted by Crippen LogP contribution is 2.17. The van der Waals surface area contributed by atoms with Gasteiger partial charge < -0.3 is 9.90 Å². The molecule has 0 aromatic heterocycles. The number of carbonyl (C=O) groups excluding carboxylic acids is 1. The molecule has 7 heteroatoms. The van der Waals surface area contributed by atoms with Crippen LogP contribution in [0.1, 0.15) is 40.0 Å². The lowest BCUT2D eigenvalue weighted by molar-refractivity contribution is -0.546. The Morgan fingerprint density at radius 1 is 1.37 bits per heavy atom. The molecule has 0 unspecified atom stereocenters. The van der Waals surface area contributed by atoms with E-state index >= 15 is 0 Å². The predicted molar refractivity (Wildman–Crippen MR) is 69.1 cm³/mol. The molecule has 1 atom stereocenters. The number of nitrogens with two attached hydrogens (primary N) is 1. The minimum absolute atomic E-state index is 0.107. The molecule has 19 heavy (non-hydrogen) atoms. The molecule has 2 N–H and O–H groups in total. The van der Waals surface area contributed by atoms with Crippen LogP contribution in [-0.2, 0) is 15.0 Å². The highest BCUT2D eigenvalue weighted by molar-refractivity contribution is 7.82. The fourth-order valence-corrected chi connectivity index (χ4v) is 3.78. The maximum Gasteiger partial charge on any atom is 0.369 e. The molecular weight excluding hydrogens is 268 g/mol. The third-order valence-electron chi connectivity index (χ3n) is 3.47. The molecule has 0 saturated carbocycles. The first-order chi connectivity index (χ1) is 8.72. The molecule has 6 nitrogen and oxygen atoms in total. The summed E-state index contributed by atoms with van der Waals surface area (Å²) in [6.07, 6.45) is 1.94. The molecule has 0 bridgehead atoms. The summed E-state index contributed by atoms with van der Waals surface area (Å²) in [7, 11) is -3.61. The lowest BCUT2D eigenvalue weighted by Crippen LogP contribution is -2.97. The topological polar surface area (TPSA) is 94.1 Å². The first-order valence-corrected chi connectivity index (χ1v) is 8.28. The summed E-state index contributed by atoms with van der Waals surface area (Å²) in [6, 6.07) is -1.04. The Balaban J connectivity index is 2.68. The van der Waals surface area contributed by atoms with Gasteiger partial charge in [0.1, 0.15) is 12.0 Å². The zero-order chi connectivity index (χ0) is 14.6. The van der Waals surface area contributed by atoms with Gasteiger partial charge >= 0.3 is 10.2 Å². The van der Waals surface area contributed by atoms with Crippen molar-refractivity contribution in [1.29, 1.82) is 0 Å². The van der Waals surface area contributed by atoms with Crippen molar-refractivity contribution in [3.63, 3.8) is 0 Å². The van der Waals surface area contributed by atoms with Crippen LogP contribution >= 0.6 is 0 Å². The molecule has 1 aliphatic heterocycles. The average Bonchev–Trinajstić information content (AvgIpc) is 2.27. The van der Waals surface area contributed by atoms with Gasteiger partial charge in [-0.3, -0.25) is 0 Å². The fourth-order valence-electron chi connectivity index (χ4n) is 2.25. The summed E-state index contributed by atoms with van der Waals surface area (Å²) in [4.78, 5) is 11.0. The Morgan fingerprint density at radius 3 is 2.32 bits per heavy atom. The van der Waals surface area contributed by atoms with Crippen LogP contribution in [0.3, 0.4) is 0 Å². The van der Waals surface area contributed by atoms with E-state index in [0.717, 1.165) is 17.6 Å². The Labute approximate surface area is 115 Å². The molecule has 1 rings (SSSR count). The Morgan fingerprint density at radius 2 is 1.89 bits per heavy atom. The maximum absolute atomic E-state index is 12.2. The van der Waals surface area contributed by atoms with Crippen LogP contribution in [0.15, 0.2) is 0 Å². The van der Waals surface area contributed by atoms with E-state index in [1.54, 1.807) is 0 Å². The van der Waals surface area contributed by atoms with Gasteiger partial charge in [-0.15, -0.1) is 0 Å². The fraction of sp³-hybridized carbons (Fsp3) is 0.917. The minimum Gasteiger partial charge on any atom is -0.544 e. The van der Waals surface area contributed by atoms with E-state index < -0.39 is 22.2 Å². The van der Waals surface area contributed by atoms with Crippen molar-refractivity contribution in [2.24, 2.45) is 11.8 Å². The van der Waals surface area contributed by atoms with Crippen molar-refractivity contribution in [3.05, 3.63) is 0 Å². The van der Waals surface area contributed by atoms with Crippen LogP contribution in [0, 0.1) is 11.8 Å². The van der Waals surface area contributed by atoms with Crippen molar-refractivity contribution in [2.45, 2.75) is 46.1 Å². The van der Waals surface area contributed by atoms with E-state index in [9.17, 15) is 18.3 Å². The number of hydrogen-bond acceptors (Lipinski definition) is 4. The second kappa shape index (κ2) is 6.67. The van der Waals surface area contributed by atoms with Gasteiger partial charge in [-0.1, -0.05) is 20.8 Å². The van der Waals surface area contributed by atoms with Crippen molar-refractivity contribution < 1.29 is 23.0 Å². The van der Waals surface area contributed by atoms with E-state index in [2.05, 4.69) is 6.92 Å². The Kier molecular flexibility index (Phi) is 5.76. The number of carboxylic acid groups (broad SMARTS) is 1. The normalized spacial score (nSPS) is 20.6. The van der Waals surface area contributed by atoms with Gasteiger partial charge in [-0.05, 0) is 24.7 Å². The van der Waals surface area contributed by atoms with Crippen LogP contribution in [0.5, 0.6) is 0 Å². The smallest absolute Gasteiger partial charge is 0.369 e.